The Labute approximate surface area is 107 Å². The highest BCUT2D eigenvalue weighted by atomic mass is 16.5. The van der Waals surface area contributed by atoms with E-state index in [4.69, 9.17) is 4.74 Å². The quantitative estimate of drug-likeness (QED) is 0.382. The van der Waals surface area contributed by atoms with Gasteiger partial charge in [0.1, 0.15) is 0 Å². The van der Waals surface area contributed by atoms with Crippen molar-refractivity contribution in [2.75, 3.05) is 0 Å². The molecule has 0 radical (unpaired) electrons. The standard InChI is InChI=1S/C15H30O2/c1-4-5-6-7-8-9-10-11-12-13-15(16)17-14(2)3/h14H,4-13H2,1-3H3. The van der Waals surface area contributed by atoms with E-state index in [9.17, 15) is 4.79 Å². The Balaban J connectivity index is 3.10. The highest BCUT2D eigenvalue weighted by molar-refractivity contribution is 5.69. The summed E-state index contributed by atoms with van der Waals surface area (Å²) in [5.74, 6) is -0.0389. The van der Waals surface area contributed by atoms with Crippen molar-refractivity contribution in [1.82, 2.24) is 0 Å². The molecule has 0 aromatic rings. The van der Waals surface area contributed by atoms with E-state index in [2.05, 4.69) is 6.92 Å². The number of esters is 1. The van der Waals surface area contributed by atoms with Gasteiger partial charge < -0.3 is 4.74 Å². The second-order valence-corrected chi connectivity index (χ2v) is 5.12. The number of carbonyl (C=O) groups excluding carboxylic acids is 1. The Morgan fingerprint density at radius 1 is 0.882 bits per heavy atom. The highest BCUT2D eigenvalue weighted by Crippen LogP contribution is 2.10. The van der Waals surface area contributed by atoms with Crippen molar-refractivity contribution in [1.29, 1.82) is 0 Å². The van der Waals surface area contributed by atoms with Crippen LogP contribution in [-0.4, -0.2) is 12.1 Å². The summed E-state index contributed by atoms with van der Waals surface area (Å²) < 4.78 is 5.08. The first kappa shape index (κ1) is 16.5. The normalized spacial score (nSPS) is 10.8. The van der Waals surface area contributed by atoms with Crippen molar-refractivity contribution in [2.45, 2.75) is 91.1 Å². The van der Waals surface area contributed by atoms with Crippen LogP contribution in [0.25, 0.3) is 0 Å². The number of hydrogen-bond acceptors (Lipinski definition) is 2. The van der Waals surface area contributed by atoms with Gasteiger partial charge in [0.05, 0.1) is 6.10 Å². The number of ether oxygens (including phenoxy) is 1. The van der Waals surface area contributed by atoms with Gasteiger partial charge in [0.15, 0.2) is 0 Å². The molecule has 0 aliphatic rings. The van der Waals surface area contributed by atoms with Crippen LogP contribution in [0.3, 0.4) is 0 Å². The summed E-state index contributed by atoms with van der Waals surface area (Å²) >= 11 is 0. The minimum absolute atomic E-state index is 0.0288. The summed E-state index contributed by atoms with van der Waals surface area (Å²) in [7, 11) is 0. The lowest BCUT2D eigenvalue weighted by atomic mass is 10.1. The number of carbonyl (C=O) groups is 1. The molecular weight excluding hydrogens is 212 g/mol. The molecule has 0 saturated heterocycles. The summed E-state index contributed by atoms with van der Waals surface area (Å²) in [6, 6.07) is 0. The predicted octanol–water partition coefficient (Wildman–Crippen LogP) is 4.86. The van der Waals surface area contributed by atoms with Crippen LogP contribution in [0.15, 0.2) is 0 Å². The highest BCUT2D eigenvalue weighted by Gasteiger charge is 2.04. The molecule has 0 aliphatic heterocycles. The van der Waals surface area contributed by atoms with Gasteiger partial charge in [0.25, 0.3) is 0 Å². The third-order valence-corrected chi connectivity index (χ3v) is 2.85. The van der Waals surface area contributed by atoms with Gasteiger partial charge in [-0.25, -0.2) is 0 Å². The summed E-state index contributed by atoms with van der Waals surface area (Å²) in [4.78, 5) is 11.2. The van der Waals surface area contributed by atoms with Gasteiger partial charge >= 0.3 is 5.97 Å². The van der Waals surface area contributed by atoms with E-state index >= 15 is 0 Å². The maximum Gasteiger partial charge on any atom is 0.306 e. The van der Waals surface area contributed by atoms with Crippen molar-refractivity contribution < 1.29 is 9.53 Å². The fraction of sp³-hybridized carbons (Fsp3) is 0.933. The molecule has 0 spiro atoms. The Kier molecular flexibility index (Phi) is 11.6. The second-order valence-electron chi connectivity index (χ2n) is 5.12. The summed E-state index contributed by atoms with van der Waals surface area (Å²) in [6.45, 7) is 6.04. The SMILES string of the molecule is CCCCCCCCCCCC(=O)OC(C)C. The zero-order valence-corrected chi connectivity index (χ0v) is 12.0. The smallest absolute Gasteiger partial charge is 0.306 e. The van der Waals surface area contributed by atoms with E-state index in [-0.39, 0.29) is 12.1 Å². The van der Waals surface area contributed by atoms with E-state index in [0.717, 1.165) is 6.42 Å². The van der Waals surface area contributed by atoms with Gasteiger partial charge in [-0.2, -0.15) is 0 Å². The Bertz CT molecular complexity index is 176. The van der Waals surface area contributed by atoms with Crippen molar-refractivity contribution in [3.8, 4) is 0 Å². The molecule has 0 heterocycles. The maximum absolute atomic E-state index is 11.2. The van der Waals surface area contributed by atoms with Crippen LogP contribution in [0.5, 0.6) is 0 Å². The molecule has 0 aromatic carbocycles. The van der Waals surface area contributed by atoms with Gasteiger partial charge in [-0.3, -0.25) is 4.79 Å². The Hall–Kier alpha value is -0.530. The molecule has 2 nitrogen and oxygen atoms in total. The lowest BCUT2D eigenvalue weighted by Crippen LogP contribution is -2.10. The Morgan fingerprint density at radius 2 is 1.35 bits per heavy atom. The molecule has 0 fully saturated rings. The first-order valence-electron chi connectivity index (χ1n) is 7.36. The van der Waals surface area contributed by atoms with E-state index in [1.54, 1.807) is 0 Å². The van der Waals surface area contributed by atoms with E-state index in [0.29, 0.717) is 6.42 Å². The third kappa shape index (κ3) is 13.4. The summed E-state index contributed by atoms with van der Waals surface area (Å²) in [5.41, 5.74) is 0. The number of hydrogen-bond donors (Lipinski definition) is 0. The first-order chi connectivity index (χ1) is 8.16. The number of rotatable bonds is 11. The molecule has 0 N–H and O–H groups in total. The zero-order chi connectivity index (χ0) is 12.9. The van der Waals surface area contributed by atoms with Crippen LogP contribution in [-0.2, 0) is 9.53 Å². The van der Waals surface area contributed by atoms with E-state index in [1.165, 1.54) is 51.4 Å². The topological polar surface area (TPSA) is 26.3 Å². The van der Waals surface area contributed by atoms with Crippen LogP contribution >= 0.6 is 0 Å². The lowest BCUT2D eigenvalue weighted by molar-refractivity contribution is -0.147. The van der Waals surface area contributed by atoms with E-state index < -0.39 is 0 Å². The maximum atomic E-state index is 11.2. The van der Waals surface area contributed by atoms with Gasteiger partial charge in [0.2, 0.25) is 0 Å². The average Bonchev–Trinajstić information content (AvgIpc) is 2.26. The fourth-order valence-corrected chi connectivity index (χ4v) is 1.90. The molecule has 102 valence electrons. The van der Waals surface area contributed by atoms with Crippen LogP contribution in [0.4, 0.5) is 0 Å². The molecule has 0 amide bonds. The predicted molar refractivity (Wildman–Crippen MR) is 73.1 cm³/mol. The van der Waals surface area contributed by atoms with Gasteiger partial charge in [-0.05, 0) is 20.3 Å². The lowest BCUT2D eigenvalue weighted by Gasteiger charge is -2.07. The number of unbranched alkanes of at least 4 members (excludes halogenated alkanes) is 8. The molecule has 0 atom stereocenters. The zero-order valence-electron chi connectivity index (χ0n) is 12.0. The Morgan fingerprint density at radius 3 is 1.82 bits per heavy atom. The minimum Gasteiger partial charge on any atom is -0.463 e. The van der Waals surface area contributed by atoms with Crippen molar-refractivity contribution in [3.05, 3.63) is 0 Å². The summed E-state index contributed by atoms with van der Waals surface area (Å²) in [5, 5.41) is 0. The van der Waals surface area contributed by atoms with Gasteiger partial charge in [-0.15, -0.1) is 0 Å². The van der Waals surface area contributed by atoms with Gasteiger partial charge in [-0.1, -0.05) is 58.3 Å². The second kappa shape index (κ2) is 11.9. The van der Waals surface area contributed by atoms with Crippen molar-refractivity contribution in [3.63, 3.8) is 0 Å². The van der Waals surface area contributed by atoms with Gasteiger partial charge in [0, 0.05) is 6.42 Å². The van der Waals surface area contributed by atoms with Crippen LogP contribution in [0.1, 0.15) is 85.0 Å². The molecule has 0 aromatic heterocycles. The van der Waals surface area contributed by atoms with Crippen LogP contribution in [0.2, 0.25) is 0 Å². The monoisotopic (exact) mass is 242 g/mol. The van der Waals surface area contributed by atoms with E-state index in [1.807, 2.05) is 13.8 Å². The molecule has 17 heavy (non-hydrogen) atoms. The fourth-order valence-electron chi connectivity index (χ4n) is 1.90. The first-order valence-corrected chi connectivity index (χ1v) is 7.36. The average molecular weight is 242 g/mol. The molecule has 0 saturated carbocycles. The van der Waals surface area contributed by atoms with Crippen molar-refractivity contribution >= 4 is 5.97 Å². The largest absolute Gasteiger partial charge is 0.463 e. The van der Waals surface area contributed by atoms with Crippen LogP contribution < -0.4 is 0 Å². The minimum atomic E-state index is -0.0389. The van der Waals surface area contributed by atoms with Crippen LogP contribution in [0, 0.1) is 0 Å². The molecule has 0 bridgehead atoms. The van der Waals surface area contributed by atoms with Crippen molar-refractivity contribution in [2.24, 2.45) is 0 Å². The molecule has 2 heteroatoms. The summed E-state index contributed by atoms with van der Waals surface area (Å²) in [6.07, 6.45) is 12.2. The molecule has 0 unspecified atom stereocenters. The molecule has 0 rings (SSSR count). The molecular formula is C15H30O2. The third-order valence-electron chi connectivity index (χ3n) is 2.85. The molecule has 0 aliphatic carbocycles.